The van der Waals surface area contributed by atoms with E-state index in [1.807, 2.05) is 0 Å². The van der Waals surface area contributed by atoms with Crippen molar-refractivity contribution in [2.24, 2.45) is 10.9 Å². The third-order valence-electron chi connectivity index (χ3n) is 2.98. The molecule has 1 saturated carbocycles. The molecule has 7 heteroatoms. The molecule has 102 valence electrons. The zero-order valence-corrected chi connectivity index (χ0v) is 10.4. The van der Waals surface area contributed by atoms with Gasteiger partial charge < -0.3 is 20.8 Å². The number of H-pyrrole nitrogens is 1. The topological polar surface area (TPSA) is 112 Å². The lowest BCUT2D eigenvalue weighted by Gasteiger charge is -2.21. The Morgan fingerprint density at radius 1 is 1.53 bits per heavy atom. The summed E-state index contributed by atoms with van der Waals surface area (Å²) in [4.78, 5) is 27.7. The quantitative estimate of drug-likeness (QED) is 0.303. The maximum atomic E-state index is 12.3. The predicted molar refractivity (Wildman–Crippen MR) is 69.1 cm³/mol. The van der Waals surface area contributed by atoms with Crippen molar-refractivity contribution in [3.8, 4) is 0 Å². The van der Waals surface area contributed by atoms with Gasteiger partial charge in [0.05, 0.1) is 0 Å². The van der Waals surface area contributed by atoms with Gasteiger partial charge in [-0.25, -0.2) is 0 Å². The number of hydrogen-bond acceptors (Lipinski definition) is 4. The first-order chi connectivity index (χ1) is 9.11. The Morgan fingerprint density at radius 2 is 2.26 bits per heavy atom. The number of hydrogen-bond donors (Lipinski definition) is 3. The minimum Gasteiger partial charge on any atom is -0.409 e. The van der Waals surface area contributed by atoms with E-state index in [-0.39, 0.29) is 29.0 Å². The molecule has 0 unspecified atom stereocenters. The number of rotatable bonds is 5. The number of nitrogens with two attached hydrogens (primary N) is 1. The molecular formula is C12H16N4O3. The number of pyridine rings is 1. The zero-order valence-electron chi connectivity index (χ0n) is 10.4. The average molecular weight is 264 g/mol. The maximum absolute atomic E-state index is 12.3. The van der Waals surface area contributed by atoms with Gasteiger partial charge in [0.1, 0.15) is 11.5 Å². The molecule has 1 aromatic rings. The van der Waals surface area contributed by atoms with E-state index in [2.05, 4.69) is 10.1 Å². The number of carbonyl (C=O) groups excluding carboxylic acids is 1. The van der Waals surface area contributed by atoms with Gasteiger partial charge in [-0.2, -0.15) is 0 Å². The molecular weight excluding hydrogens is 248 g/mol. The van der Waals surface area contributed by atoms with Crippen LogP contribution in [-0.4, -0.2) is 39.4 Å². The molecule has 1 heterocycles. The van der Waals surface area contributed by atoms with Crippen molar-refractivity contribution in [2.75, 3.05) is 6.54 Å². The summed E-state index contributed by atoms with van der Waals surface area (Å²) in [6.45, 7) is 0.371. The normalized spacial score (nSPS) is 15.3. The average Bonchev–Trinajstić information content (AvgIpc) is 3.23. The van der Waals surface area contributed by atoms with Crippen LogP contribution in [0.2, 0.25) is 0 Å². The Bertz CT molecular complexity index is 548. The van der Waals surface area contributed by atoms with E-state index >= 15 is 0 Å². The van der Waals surface area contributed by atoms with Crippen molar-refractivity contribution in [1.29, 1.82) is 0 Å². The van der Waals surface area contributed by atoms with Crippen molar-refractivity contribution in [3.05, 3.63) is 34.2 Å². The zero-order chi connectivity index (χ0) is 13.8. The molecule has 0 radical (unpaired) electrons. The first-order valence-corrected chi connectivity index (χ1v) is 6.08. The number of aromatic amines is 1. The van der Waals surface area contributed by atoms with Gasteiger partial charge in [-0.05, 0) is 18.9 Å². The van der Waals surface area contributed by atoms with Crippen LogP contribution in [0.25, 0.3) is 0 Å². The fourth-order valence-corrected chi connectivity index (χ4v) is 1.85. The summed E-state index contributed by atoms with van der Waals surface area (Å²) in [5.41, 5.74) is 5.36. The second-order valence-electron chi connectivity index (χ2n) is 4.50. The van der Waals surface area contributed by atoms with E-state index in [1.54, 1.807) is 17.0 Å². The van der Waals surface area contributed by atoms with Crippen molar-refractivity contribution in [1.82, 2.24) is 9.88 Å². The van der Waals surface area contributed by atoms with Gasteiger partial charge in [-0.1, -0.05) is 11.2 Å². The van der Waals surface area contributed by atoms with E-state index in [1.165, 1.54) is 6.07 Å². The van der Waals surface area contributed by atoms with Gasteiger partial charge >= 0.3 is 0 Å². The van der Waals surface area contributed by atoms with E-state index in [9.17, 15) is 9.59 Å². The SMILES string of the molecule is N/C(CCN(C(=O)c1cccc(=O)[nH]1)C1CC1)=N/O. The lowest BCUT2D eigenvalue weighted by Crippen LogP contribution is -2.37. The highest BCUT2D eigenvalue weighted by atomic mass is 16.4. The van der Waals surface area contributed by atoms with Crippen LogP contribution in [0.1, 0.15) is 29.8 Å². The molecule has 2 rings (SSSR count). The maximum Gasteiger partial charge on any atom is 0.270 e. The molecule has 1 amide bonds. The minimum atomic E-state index is -0.307. The number of nitrogens with one attached hydrogen (secondary N) is 1. The standard InChI is InChI=1S/C12H16N4O3/c13-10(15-19)6-7-16(8-4-5-8)12(18)9-2-1-3-11(17)14-9/h1-3,8,19H,4-7H2,(H2,13,15)(H,14,17). The highest BCUT2D eigenvalue weighted by Crippen LogP contribution is 2.28. The first kappa shape index (κ1) is 13.1. The van der Waals surface area contributed by atoms with Crippen molar-refractivity contribution in [3.63, 3.8) is 0 Å². The van der Waals surface area contributed by atoms with Gasteiger partial charge in [-0.15, -0.1) is 0 Å². The number of carbonyl (C=O) groups is 1. The monoisotopic (exact) mass is 264 g/mol. The molecule has 0 saturated heterocycles. The van der Waals surface area contributed by atoms with Crippen LogP contribution in [0.15, 0.2) is 28.1 Å². The van der Waals surface area contributed by atoms with Gasteiger partial charge in [0.15, 0.2) is 0 Å². The highest BCUT2D eigenvalue weighted by Gasteiger charge is 2.33. The van der Waals surface area contributed by atoms with E-state index in [0.29, 0.717) is 13.0 Å². The number of amides is 1. The summed E-state index contributed by atoms with van der Waals surface area (Å²) in [7, 11) is 0. The number of oxime groups is 1. The highest BCUT2D eigenvalue weighted by molar-refractivity contribution is 5.93. The number of nitrogens with zero attached hydrogens (tertiary/aromatic N) is 2. The third-order valence-corrected chi connectivity index (χ3v) is 2.98. The van der Waals surface area contributed by atoms with Crippen molar-refractivity contribution >= 4 is 11.7 Å². The van der Waals surface area contributed by atoms with Crippen LogP contribution in [0, 0.1) is 0 Å². The second-order valence-corrected chi connectivity index (χ2v) is 4.50. The summed E-state index contributed by atoms with van der Waals surface area (Å²) < 4.78 is 0. The van der Waals surface area contributed by atoms with Gasteiger partial charge in [0.2, 0.25) is 5.56 Å². The Labute approximate surface area is 109 Å². The first-order valence-electron chi connectivity index (χ1n) is 6.08. The molecule has 0 bridgehead atoms. The van der Waals surface area contributed by atoms with Gasteiger partial charge in [0, 0.05) is 25.1 Å². The fraction of sp³-hybridized carbons (Fsp3) is 0.417. The molecule has 7 nitrogen and oxygen atoms in total. The van der Waals surface area contributed by atoms with Crippen LogP contribution in [0.3, 0.4) is 0 Å². The number of aromatic nitrogens is 1. The molecule has 0 aromatic carbocycles. The van der Waals surface area contributed by atoms with Crippen molar-refractivity contribution in [2.45, 2.75) is 25.3 Å². The Balaban J connectivity index is 2.10. The summed E-state index contributed by atoms with van der Waals surface area (Å²) in [5.74, 6) is -0.147. The molecule has 19 heavy (non-hydrogen) atoms. The molecule has 1 aromatic heterocycles. The summed E-state index contributed by atoms with van der Waals surface area (Å²) >= 11 is 0. The molecule has 0 spiro atoms. The Hall–Kier alpha value is -2.31. The van der Waals surface area contributed by atoms with Crippen LogP contribution in [0.4, 0.5) is 0 Å². The molecule has 0 aliphatic heterocycles. The second kappa shape index (κ2) is 5.55. The summed E-state index contributed by atoms with van der Waals surface area (Å²) in [6.07, 6.45) is 2.19. The molecule has 1 aliphatic carbocycles. The molecule has 1 fully saturated rings. The predicted octanol–water partition coefficient (Wildman–Crippen LogP) is 0.116. The van der Waals surface area contributed by atoms with Crippen LogP contribution >= 0.6 is 0 Å². The van der Waals surface area contributed by atoms with E-state index in [0.717, 1.165) is 12.8 Å². The molecule has 0 atom stereocenters. The minimum absolute atomic E-state index is 0.0833. The third kappa shape index (κ3) is 3.34. The van der Waals surface area contributed by atoms with Gasteiger partial charge in [0.25, 0.3) is 5.91 Å². The lowest BCUT2D eigenvalue weighted by atomic mass is 10.2. The number of amidine groups is 1. The molecule has 4 N–H and O–H groups in total. The largest absolute Gasteiger partial charge is 0.409 e. The van der Waals surface area contributed by atoms with E-state index < -0.39 is 0 Å². The van der Waals surface area contributed by atoms with Crippen LogP contribution in [0.5, 0.6) is 0 Å². The fourth-order valence-electron chi connectivity index (χ4n) is 1.85. The Morgan fingerprint density at radius 3 is 2.84 bits per heavy atom. The Kier molecular flexibility index (Phi) is 3.84. The van der Waals surface area contributed by atoms with Crippen LogP contribution in [-0.2, 0) is 0 Å². The van der Waals surface area contributed by atoms with Crippen LogP contribution < -0.4 is 11.3 Å². The summed E-state index contributed by atoms with van der Waals surface area (Å²) in [5, 5.41) is 11.4. The van der Waals surface area contributed by atoms with Crippen molar-refractivity contribution < 1.29 is 10.0 Å². The van der Waals surface area contributed by atoms with E-state index in [4.69, 9.17) is 10.9 Å². The van der Waals surface area contributed by atoms with Gasteiger partial charge in [-0.3, -0.25) is 9.59 Å². The smallest absolute Gasteiger partial charge is 0.270 e. The summed E-state index contributed by atoms with van der Waals surface area (Å²) in [6, 6.07) is 4.65. The molecule has 1 aliphatic rings. The lowest BCUT2D eigenvalue weighted by molar-refractivity contribution is 0.0741.